The summed E-state index contributed by atoms with van der Waals surface area (Å²) in [6, 6.07) is 11.1. The molecule has 0 aliphatic carbocycles. The zero-order valence-corrected chi connectivity index (χ0v) is 13.1. The highest BCUT2D eigenvalue weighted by Gasteiger charge is 2.04. The van der Waals surface area contributed by atoms with Crippen molar-refractivity contribution in [3.63, 3.8) is 0 Å². The van der Waals surface area contributed by atoms with Crippen LogP contribution in [0.5, 0.6) is 5.75 Å². The molecule has 23 heavy (non-hydrogen) atoms. The molecule has 2 rings (SSSR count). The van der Waals surface area contributed by atoms with Gasteiger partial charge in [-0.05, 0) is 37.6 Å². The van der Waals surface area contributed by atoms with Crippen molar-refractivity contribution in [1.29, 1.82) is 0 Å². The summed E-state index contributed by atoms with van der Waals surface area (Å²) in [5.74, 6) is 1.12. The van der Waals surface area contributed by atoms with E-state index in [1.165, 1.54) is 0 Å². The molecule has 1 heterocycles. The van der Waals surface area contributed by atoms with Crippen LogP contribution in [0, 0.1) is 6.92 Å². The highest BCUT2D eigenvalue weighted by Crippen LogP contribution is 2.12. The maximum absolute atomic E-state index is 11.8. The highest BCUT2D eigenvalue weighted by atomic mass is 16.5. The van der Waals surface area contributed by atoms with Crippen molar-refractivity contribution < 1.29 is 14.6 Å². The number of benzene rings is 1. The van der Waals surface area contributed by atoms with E-state index in [1.807, 2.05) is 31.2 Å². The number of nitrogens with one attached hydrogen (secondary N) is 2. The minimum Gasteiger partial charge on any atom is -0.484 e. The van der Waals surface area contributed by atoms with Crippen molar-refractivity contribution in [3.05, 3.63) is 48.2 Å². The molecule has 0 aliphatic heterocycles. The van der Waals surface area contributed by atoms with E-state index in [4.69, 9.17) is 9.84 Å². The average molecular weight is 315 g/mol. The Kier molecular flexibility index (Phi) is 6.38. The summed E-state index contributed by atoms with van der Waals surface area (Å²) in [6.07, 6.45) is 2.24. The molecule has 1 aromatic carbocycles. The summed E-state index contributed by atoms with van der Waals surface area (Å²) in [6.45, 7) is 2.73. The molecular weight excluding hydrogens is 294 g/mol. The van der Waals surface area contributed by atoms with Crippen molar-refractivity contribution >= 4 is 17.4 Å². The van der Waals surface area contributed by atoms with Crippen molar-refractivity contribution in [2.45, 2.75) is 13.3 Å². The number of amides is 1. The number of rotatable bonds is 8. The summed E-state index contributed by atoms with van der Waals surface area (Å²) in [5.41, 5.74) is 1.75. The number of aliphatic hydroxyl groups excluding tert-OH is 1. The molecule has 3 N–H and O–H groups in total. The minimum atomic E-state index is -0.242. The van der Waals surface area contributed by atoms with Crippen LogP contribution in [0.3, 0.4) is 0 Å². The number of anilines is 2. The number of carbonyl (C=O) groups excluding carboxylic acids is 1. The molecule has 0 fully saturated rings. The Labute approximate surface area is 135 Å². The summed E-state index contributed by atoms with van der Waals surface area (Å²) >= 11 is 0. The molecular formula is C17H21N3O3. The minimum absolute atomic E-state index is 0.0560. The fourth-order valence-electron chi connectivity index (χ4n) is 1.85. The Morgan fingerprint density at radius 2 is 2.00 bits per heavy atom. The maximum Gasteiger partial charge on any atom is 0.262 e. The van der Waals surface area contributed by atoms with Crippen LogP contribution in [0.1, 0.15) is 12.0 Å². The Morgan fingerprint density at radius 3 is 2.65 bits per heavy atom. The second kappa shape index (κ2) is 8.75. The maximum atomic E-state index is 11.8. The molecule has 2 aromatic rings. The molecule has 1 aromatic heterocycles. The largest absolute Gasteiger partial charge is 0.484 e. The normalized spacial score (nSPS) is 10.2. The number of nitrogens with zero attached hydrogens (tertiary/aromatic N) is 1. The number of carbonyl (C=O) groups is 1. The molecule has 0 spiro atoms. The number of aromatic nitrogens is 1. The van der Waals surface area contributed by atoms with Gasteiger partial charge < -0.3 is 20.5 Å². The molecule has 0 atom stereocenters. The van der Waals surface area contributed by atoms with Gasteiger partial charge in [0.15, 0.2) is 6.61 Å². The van der Waals surface area contributed by atoms with Gasteiger partial charge in [-0.3, -0.25) is 4.79 Å². The standard InChI is InChI=1S/C17H21N3O3/c1-13-3-6-15(7-4-13)23-12-17(22)20-14-5-8-16(19-11-14)18-9-2-10-21/h3-8,11,21H,2,9-10,12H2,1H3,(H,18,19)(H,20,22). The predicted octanol–water partition coefficient (Wildman–Crippen LogP) is 2.20. The zero-order valence-electron chi connectivity index (χ0n) is 13.1. The highest BCUT2D eigenvalue weighted by molar-refractivity contribution is 5.91. The zero-order chi connectivity index (χ0) is 16.5. The lowest BCUT2D eigenvalue weighted by Gasteiger charge is -2.09. The van der Waals surface area contributed by atoms with Crippen LogP contribution in [0.2, 0.25) is 0 Å². The third kappa shape index (κ3) is 5.96. The number of pyridine rings is 1. The number of hydrogen-bond acceptors (Lipinski definition) is 5. The first kappa shape index (κ1) is 16.8. The van der Waals surface area contributed by atoms with Gasteiger partial charge in [-0.1, -0.05) is 17.7 Å². The number of ether oxygens (including phenoxy) is 1. The second-order valence-corrected chi connectivity index (χ2v) is 5.09. The Morgan fingerprint density at radius 1 is 1.22 bits per heavy atom. The molecule has 0 bridgehead atoms. The van der Waals surface area contributed by atoms with E-state index < -0.39 is 0 Å². The first-order valence-electron chi connectivity index (χ1n) is 7.47. The van der Waals surface area contributed by atoms with Gasteiger partial charge in [0.2, 0.25) is 0 Å². The van der Waals surface area contributed by atoms with Gasteiger partial charge in [-0.15, -0.1) is 0 Å². The quantitative estimate of drug-likeness (QED) is 0.651. The van der Waals surface area contributed by atoms with E-state index in [9.17, 15) is 4.79 Å². The van der Waals surface area contributed by atoms with Crippen LogP contribution in [0.25, 0.3) is 0 Å². The predicted molar refractivity (Wildman–Crippen MR) is 89.7 cm³/mol. The summed E-state index contributed by atoms with van der Waals surface area (Å²) in [5, 5.41) is 14.5. The molecule has 0 aliphatic rings. The lowest BCUT2D eigenvalue weighted by molar-refractivity contribution is -0.118. The van der Waals surface area contributed by atoms with Gasteiger partial charge in [0.25, 0.3) is 5.91 Å². The third-order valence-electron chi connectivity index (χ3n) is 3.08. The third-order valence-corrected chi connectivity index (χ3v) is 3.08. The van der Waals surface area contributed by atoms with Gasteiger partial charge in [0.1, 0.15) is 11.6 Å². The Bertz CT molecular complexity index is 612. The van der Waals surface area contributed by atoms with Crippen LogP contribution in [0.15, 0.2) is 42.6 Å². The van der Waals surface area contributed by atoms with E-state index in [1.54, 1.807) is 18.3 Å². The van der Waals surface area contributed by atoms with Crippen LogP contribution < -0.4 is 15.4 Å². The van der Waals surface area contributed by atoms with Gasteiger partial charge in [-0.2, -0.15) is 0 Å². The van der Waals surface area contributed by atoms with Crippen molar-refractivity contribution in [1.82, 2.24) is 4.98 Å². The van der Waals surface area contributed by atoms with Gasteiger partial charge in [0, 0.05) is 13.2 Å². The lowest BCUT2D eigenvalue weighted by atomic mass is 10.2. The molecule has 122 valence electrons. The Balaban J connectivity index is 1.77. The first-order chi connectivity index (χ1) is 11.2. The monoisotopic (exact) mass is 315 g/mol. The average Bonchev–Trinajstić information content (AvgIpc) is 2.56. The SMILES string of the molecule is Cc1ccc(OCC(=O)Nc2ccc(NCCCO)nc2)cc1. The van der Waals surface area contributed by atoms with Gasteiger partial charge in [-0.25, -0.2) is 4.98 Å². The first-order valence-corrected chi connectivity index (χ1v) is 7.47. The van der Waals surface area contributed by atoms with Crippen LogP contribution >= 0.6 is 0 Å². The number of aryl methyl sites for hydroxylation is 1. The van der Waals surface area contributed by atoms with Crippen molar-refractivity contribution in [3.8, 4) is 5.75 Å². The fourth-order valence-corrected chi connectivity index (χ4v) is 1.85. The molecule has 0 saturated heterocycles. The fraction of sp³-hybridized carbons (Fsp3) is 0.294. The lowest BCUT2D eigenvalue weighted by Crippen LogP contribution is -2.20. The van der Waals surface area contributed by atoms with E-state index in [2.05, 4.69) is 15.6 Å². The smallest absolute Gasteiger partial charge is 0.262 e. The van der Waals surface area contributed by atoms with Crippen molar-refractivity contribution in [2.24, 2.45) is 0 Å². The van der Waals surface area contributed by atoms with Crippen molar-refractivity contribution in [2.75, 3.05) is 30.4 Å². The van der Waals surface area contributed by atoms with E-state index >= 15 is 0 Å². The number of hydrogen-bond donors (Lipinski definition) is 3. The van der Waals surface area contributed by atoms with E-state index in [-0.39, 0.29) is 19.1 Å². The Hall–Kier alpha value is -2.60. The molecule has 0 radical (unpaired) electrons. The number of aliphatic hydroxyl groups is 1. The summed E-state index contributed by atoms with van der Waals surface area (Å²) < 4.78 is 5.42. The van der Waals surface area contributed by atoms with Gasteiger partial charge >= 0.3 is 0 Å². The van der Waals surface area contributed by atoms with Crippen LogP contribution in [-0.4, -0.2) is 35.8 Å². The topological polar surface area (TPSA) is 83.5 Å². The van der Waals surface area contributed by atoms with Crippen LogP contribution in [0.4, 0.5) is 11.5 Å². The molecule has 1 amide bonds. The summed E-state index contributed by atoms with van der Waals surface area (Å²) in [4.78, 5) is 16.0. The van der Waals surface area contributed by atoms with E-state index in [0.29, 0.717) is 30.2 Å². The molecule has 0 saturated carbocycles. The summed E-state index contributed by atoms with van der Waals surface area (Å²) in [7, 11) is 0. The molecule has 6 heteroatoms. The molecule has 6 nitrogen and oxygen atoms in total. The van der Waals surface area contributed by atoms with Gasteiger partial charge in [0.05, 0.1) is 11.9 Å². The van der Waals surface area contributed by atoms with E-state index in [0.717, 1.165) is 5.56 Å². The molecule has 0 unspecified atom stereocenters. The van der Waals surface area contributed by atoms with Crippen LogP contribution in [-0.2, 0) is 4.79 Å². The second-order valence-electron chi connectivity index (χ2n) is 5.09.